The van der Waals surface area contributed by atoms with E-state index in [0.717, 1.165) is 17.9 Å². The molecule has 4 aliphatic heterocycles. The van der Waals surface area contributed by atoms with Crippen LogP contribution in [-0.4, -0.2) is 43.0 Å². The second kappa shape index (κ2) is 6.63. The van der Waals surface area contributed by atoms with E-state index in [1.807, 2.05) is 13.0 Å². The van der Waals surface area contributed by atoms with Crippen LogP contribution >= 0.6 is 0 Å². The maximum atomic E-state index is 5.83. The first-order chi connectivity index (χ1) is 11.8. The standard InChI is InChI=1S/C19H27N3O2/c1-3-11-24-15-6-5-14(12-16(15)23-4-2)18-19-17(20-21-18)13-7-9-22(19)10-8-13/h5-6,12-13,18-19,21H,3-4,7-11H2,1-2H3. The van der Waals surface area contributed by atoms with Crippen molar-refractivity contribution < 1.29 is 9.47 Å². The van der Waals surface area contributed by atoms with Crippen LogP contribution < -0.4 is 14.9 Å². The molecule has 2 bridgehead atoms. The Labute approximate surface area is 144 Å². The van der Waals surface area contributed by atoms with Crippen LogP contribution in [0.5, 0.6) is 11.5 Å². The zero-order chi connectivity index (χ0) is 16.5. The number of rotatable bonds is 6. The van der Waals surface area contributed by atoms with Crippen molar-refractivity contribution in [3.8, 4) is 11.5 Å². The van der Waals surface area contributed by atoms with Crippen molar-refractivity contribution in [3.05, 3.63) is 23.8 Å². The molecule has 3 saturated heterocycles. The van der Waals surface area contributed by atoms with Gasteiger partial charge in [0.2, 0.25) is 0 Å². The molecule has 2 unspecified atom stereocenters. The van der Waals surface area contributed by atoms with E-state index >= 15 is 0 Å². The molecule has 4 heterocycles. The minimum absolute atomic E-state index is 0.225. The summed E-state index contributed by atoms with van der Waals surface area (Å²) in [6, 6.07) is 6.98. The number of hydrazone groups is 1. The van der Waals surface area contributed by atoms with Crippen LogP contribution in [-0.2, 0) is 0 Å². The third-order valence-corrected chi connectivity index (χ3v) is 5.38. The number of hydrogen-bond donors (Lipinski definition) is 1. The van der Waals surface area contributed by atoms with Gasteiger partial charge < -0.3 is 14.9 Å². The van der Waals surface area contributed by atoms with Gasteiger partial charge in [0.15, 0.2) is 11.5 Å². The summed E-state index contributed by atoms with van der Waals surface area (Å²) in [5.41, 5.74) is 6.00. The third kappa shape index (κ3) is 2.65. The zero-order valence-corrected chi connectivity index (χ0v) is 14.6. The van der Waals surface area contributed by atoms with Crippen LogP contribution in [0.3, 0.4) is 0 Å². The highest BCUT2D eigenvalue weighted by atomic mass is 16.5. The van der Waals surface area contributed by atoms with Gasteiger partial charge >= 0.3 is 0 Å². The fourth-order valence-corrected chi connectivity index (χ4v) is 4.23. The zero-order valence-electron chi connectivity index (χ0n) is 14.6. The van der Waals surface area contributed by atoms with Crippen LogP contribution in [0.15, 0.2) is 23.3 Å². The number of piperidine rings is 3. The van der Waals surface area contributed by atoms with Crippen LogP contribution in [0.25, 0.3) is 0 Å². The Kier molecular flexibility index (Phi) is 4.35. The fourth-order valence-electron chi connectivity index (χ4n) is 4.23. The van der Waals surface area contributed by atoms with Crippen molar-refractivity contribution in [2.24, 2.45) is 11.0 Å². The molecule has 130 valence electrons. The van der Waals surface area contributed by atoms with E-state index in [4.69, 9.17) is 14.6 Å². The second-order valence-corrected chi connectivity index (χ2v) is 6.89. The van der Waals surface area contributed by atoms with E-state index in [-0.39, 0.29) is 6.04 Å². The molecule has 5 heteroatoms. The monoisotopic (exact) mass is 329 g/mol. The quantitative estimate of drug-likeness (QED) is 0.871. The SMILES string of the molecule is CCCOc1ccc(C2NN=C3C4CCN(CC4)C32)cc1OCC. The average Bonchev–Trinajstić information content (AvgIpc) is 3.09. The van der Waals surface area contributed by atoms with Crippen molar-refractivity contribution >= 4 is 5.71 Å². The van der Waals surface area contributed by atoms with Crippen molar-refractivity contribution in [2.75, 3.05) is 26.3 Å². The molecule has 3 fully saturated rings. The van der Waals surface area contributed by atoms with Crippen LogP contribution in [0.4, 0.5) is 0 Å². The van der Waals surface area contributed by atoms with Gasteiger partial charge in [-0.1, -0.05) is 13.0 Å². The van der Waals surface area contributed by atoms with Crippen molar-refractivity contribution in [2.45, 2.75) is 45.2 Å². The van der Waals surface area contributed by atoms with E-state index < -0.39 is 0 Å². The number of hydrogen-bond acceptors (Lipinski definition) is 5. The van der Waals surface area contributed by atoms with Gasteiger partial charge in [-0.2, -0.15) is 5.10 Å². The van der Waals surface area contributed by atoms with Gasteiger partial charge in [0.05, 0.1) is 31.0 Å². The Bertz CT molecular complexity index is 623. The Hall–Kier alpha value is -1.75. The van der Waals surface area contributed by atoms with E-state index in [2.05, 4.69) is 29.4 Å². The average molecular weight is 329 g/mol. The molecule has 5 nitrogen and oxygen atoms in total. The predicted octanol–water partition coefficient (Wildman–Crippen LogP) is 2.97. The summed E-state index contributed by atoms with van der Waals surface area (Å²) in [5, 5.41) is 4.70. The molecule has 0 saturated carbocycles. The summed E-state index contributed by atoms with van der Waals surface area (Å²) < 4.78 is 11.7. The molecule has 0 radical (unpaired) electrons. The van der Waals surface area contributed by atoms with E-state index in [1.165, 1.54) is 37.2 Å². The first kappa shape index (κ1) is 15.8. The molecule has 2 atom stereocenters. The smallest absolute Gasteiger partial charge is 0.161 e. The fraction of sp³-hybridized carbons (Fsp3) is 0.632. The lowest BCUT2D eigenvalue weighted by molar-refractivity contribution is 0.133. The molecule has 1 aromatic carbocycles. The maximum Gasteiger partial charge on any atom is 0.161 e. The molecular formula is C19H27N3O2. The van der Waals surface area contributed by atoms with E-state index in [9.17, 15) is 0 Å². The van der Waals surface area contributed by atoms with Crippen molar-refractivity contribution in [1.82, 2.24) is 10.3 Å². The molecule has 1 aromatic rings. The molecule has 4 aliphatic rings. The summed E-state index contributed by atoms with van der Waals surface area (Å²) in [5.74, 6) is 2.36. The second-order valence-electron chi connectivity index (χ2n) is 6.89. The van der Waals surface area contributed by atoms with Crippen LogP contribution in [0, 0.1) is 5.92 Å². The first-order valence-electron chi connectivity index (χ1n) is 9.28. The Balaban J connectivity index is 1.59. The van der Waals surface area contributed by atoms with Crippen molar-refractivity contribution in [3.63, 3.8) is 0 Å². The Morgan fingerprint density at radius 3 is 2.75 bits per heavy atom. The first-order valence-corrected chi connectivity index (χ1v) is 9.28. The van der Waals surface area contributed by atoms with E-state index in [1.54, 1.807) is 0 Å². The minimum Gasteiger partial charge on any atom is -0.490 e. The number of ether oxygens (including phenoxy) is 2. The molecular weight excluding hydrogens is 302 g/mol. The molecule has 0 spiro atoms. The van der Waals surface area contributed by atoms with Gasteiger partial charge in [-0.25, -0.2) is 0 Å². The lowest BCUT2D eigenvalue weighted by Gasteiger charge is -2.45. The number of benzene rings is 1. The highest BCUT2D eigenvalue weighted by Gasteiger charge is 2.46. The van der Waals surface area contributed by atoms with Crippen LogP contribution in [0.1, 0.15) is 44.7 Å². The molecule has 0 aromatic heterocycles. The van der Waals surface area contributed by atoms with Gasteiger partial charge in [0.25, 0.3) is 0 Å². The molecule has 0 amide bonds. The van der Waals surface area contributed by atoms with Gasteiger partial charge in [-0.15, -0.1) is 0 Å². The summed E-state index contributed by atoms with van der Waals surface area (Å²) in [6.07, 6.45) is 3.52. The topological polar surface area (TPSA) is 46.1 Å². The highest BCUT2D eigenvalue weighted by Crippen LogP contribution is 2.40. The summed E-state index contributed by atoms with van der Waals surface area (Å²) >= 11 is 0. The van der Waals surface area contributed by atoms with Gasteiger partial charge in [-0.3, -0.25) is 4.90 Å². The maximum absolute atomic E-state index is 5.83. The van der Waals surface area contributed by atoms with Gasteiger partial charge in [-0.05, 0) is 57.0 Å². The molecule has 0 aliphatic carbocycles. The summed E-state index contributed by atoms with van der Waals surface area (Å²) in [4.78, 5) is 2.59. The van der Waals surface area contributed by atoms with Crippen molar-refractivity contribution in [1.29, 1.82) is 0 Å². The lowest BCUT2D eigenvalue weighted by Crippen LogP contribution is -2.56. The summed E-state index contributed by atoms with van der Waals surface area (Å²) in [6.45, 7) is 7.88. The minimum atomic E-state index is 0.225. The molecule has 1 N–H and O–H groups in total. The predicted molar refractivity (Wildman–Crippen MR) is 94.8 cm³/mol. The highest BCUT2D eigenvalue weighted by molar-refractivity contribution is 5.95. The Morgan fingerprint density at radius 2 is 2.00 bits per heavy atom. The van der Waals surface area contributed by atoms with E-state index in [0.29, 0.717) is 25.2 Å². The number of nitrogens with zero attached hydrogens (tertiary/aromatic N) is 2. The largest absolute Gasteiger partial charge is 0.490 e. The lowest BCUT2D eigenvalue weighted by atomic mass is 9.78. The third-order valence-electron chi connectivity index (χ3n) is 5.38. The molecule has 24 heavy (non-hydrogen) atoms. The number of nitrogens with one attached hydrogen (secondary N) is 1. The summed E-state index contributed by atoms with van der Waals surface area (Å²) in [7, 11) is 0. The van der Waals surface area contributed by atoms with Crippen LogP contribution in [0.2, 0.25) is 0 Å². The van der Waals surface area contributed by atoms with Gasteiger partial charge in [0.1, 0.15) is 0 Å². The molecule has 5 rings (SSSR count). The number of fused-ring (bicyclic) bond motifs is 2. The Morgan fingerprint density at radius 1 is 1.17 bits per heavy atom. The van der Waals surface area contributed by atoms with Gasteiger partial charge in [0, 0.05) is 5.92 Å². The normalized spacial score (nSPS) is 30.5.